The largest absolute Gasteiger partial charge is 0.508 e. The second-order valence-corrected chi connectivity index (χ2v) is 15.6. The zero-order valence-corrected chi connectivity index (χ0v) is 31.0. The minimum Gasteiger partial charge on any atom is -0.508 e. The van der Waals surface area contributed by atoms with E-state index in [0.29, 0.717) is 33.4 Å². The maximum atomic E-state index is 13.4. The molecule has 284 valence electrons. The molecule has 0 saturated carbocycles. The van der Waals surface area contributed by atoms with Gasteiger partial charge in [0.15, 0.2) is 35.4 Å². The number of fused-ring (bicyclic) bond motifs is 8. The molecule has 0 amide bonds. The monoisotopic (exact) mass is 770 g/mol. The number of aliphatic hydroxyl groups excluding tert-OH is 2. The number of carbonyl (C=O) groups excluding carboxylic acids is 6. The van der Waals surface area contributed by atoms with Crippen LogP contribution in [0.25, 0.3) is 0 Å². The van der Waals surface area contributed by atoms with E-state index in [4.69, 9.17) is 30.0 Å². The van der Waals surface area contributed by atoms with Gasteiger partial charge in [0.1, 0.15) is 5.76 Å². The van der Waals surface area contributed by atoms with Crippen LogP contribution >= 0.6 is 0 Å². The van der Waals surface area contributed by atoms with E-state index in [1.807, 2.05) is 13.8 Å². The van der Waals surface area contributed by atoms with Gasteiger partial charge in [0, 0.05) is 50.5 Å². The lowest BCUT2D eigenvalue weighted by atomic mass is 9.68. The Balaban J connectivity index is 1.27. The van der Waals surface area contributed by atoms with Gasteiger partial charge in [0.05, 0.1) is 52.4 Å². The molecule has 0 aromatic heterocycles. The van der Waals surface area contributed by atoms with E-state index in [-0.39, 0.29) is 75.3 Å². The number of allylic oxidation sites excluding steroid dienone is 13. The Labute approximate surface area is 329 Å². The summed E-state index contributed by atoms with van der Waals surface area (Å²) in [7, 11) is 0. The third-order valence-electron chi connectivity index (χ3n) is 11.8. The summed E-state index contributed by atoms with van der Waals surface area (Å²) >= 11 is 0. The second-order valence-electron chi connectivity index (χ2n) is 15.6. The Morgan fingerprint density at radius 1 is 0.672 bits per heavy atom. The quantitative estimate of drug-likeness (QED) is 0.235. The molecule has 5 heterocycles. The first-order chi connectivity index (χ1) is 27.8. The van der Waals surface area contributed by atoms with Crippen LogP contribution in [0, 0.1) is 41.4 Å². The molecular weight excluding hydrogens is 741 g/mol. The Kier molecular flexibility index (Phi) is 7.37. The summed E-state index contributed by atoms with van der Waals surface area (Å²) in [5.74, 6) is -9.61. The van der Waals surface area contributed by atoms with Gasteiger partial charge in [0.2, 0.25) is 28.9 Å². The molecule has 7 aliphatic carbocycles. The van der Waals surface area contributed by atoms with Gasteiger partial charge in [-0.2, -0.15) is 0 Å². The number of aldehydes is 1. The van der Waals surface area contributed by atoms with Crippen molar-refractivity contribution in [1.82, 2.24) is 0 Å². The summed E-state index contributed by atoms with van der Waals surface area (Å²) in [5.41, 5.74) is 3.72. The molecule has 0 radical (unpaired) electrons. The maximum absolute atomic E-state index is 13.4. The first-order valence-electron chi connectivity index (χ1n) is 18.7. The molecule has 14 heteroatoms. The lowest BCUT2D eigenvalue weighted by molar-refractivity contribution is -0.139. The highest BCUT2D eigenvalue weighted by atomic mass is 16.3. The van der Waals surface area contributed by atoms with Crippen LogP contribution in [0.4, 0.5) is 0 Å². The van der Waals surface area contributed by atoms with Crippen LogP contribution in [0.5, 0.6) is 0 Å². The molecule has 58 heavy (non-hydrogen) atoms. The van der Waals surface area contributed by atoms with Crippen molar-refractivity contribution in [2.45, 2.75) is 20.8 Å². The predicted octanol–water partition coefficient (Wildman–Crippen LogP) is 4.15. The molecule has 12 bridgehead atoms. The van der Waals surface area contributed by atoms with Gasteiger partial charge < -0.3 is 10.2 Å². The van der Waals surface area contributed by atoms with E-state index < -0.39 is 70.2 Å². The first kappa shape index (κ1) is 35.2. The number of rotatable bonds is 5. The van der Waals surface area contributed by atoms with Crippen molar-refractivity contribution < 1.29 is 39.0 Å². The number of aliphatic imine (C=N–C) groups is 6. The lowest BCUT2D eigenvalue weighted by Gasteiger charge is -2.31. The van der Waals surface area contributed by atoms with Crippen LogP contribution in [0.2, 0.25) is 0 Å². The van der Waals surface area contributed by atoms with E-state index in [9.17, 15) is 39.0 Å². The zero-order valence-electron chi connectivity index (χ0n) is 31.0. The number of hydrogen-bond donors (Lipinski definition) is 2. The molecular formula is C44H30N6O8. The van der Waals surface area contributed by atoms with Gasteiger partial charge >= 0.3 is 0 Å². The van der Waals surface area contributed by atoms with Crippen LogP contribution in [-0.2, 0) is 28.8 Å². The van der Waals surface area contributed by atoms with Crippen molar-refractivity contribution in [3.05, 3.63) is 129 Å². The average molecular weight is 771 g/mol. The van der Waals surface area contributed by atoms with Gasteiger partial charge in [-0.25, -0.2) is 30.0 Å². The van der Waals surface area contributed by atoms with E-state index in [1.54, 1.807) is 61.6 Å². The molecule has 0 fully saturated rings. The topological polar surface area (TPSA) is 217 Å². The molecule has 14 nitrogen and oxygen atoms in total. The SMILES string of the molecule is C=C1C(O)=C(O)C(C)C2=C1C1=NC2=NC2=NC(=CC3=NC(=NC4=NC(=C1)C=C4C(/C=C\C(C)C)C(=O)C=O)C1=C3C3C=CC1C(=O)C3=O)C1=C2C2C=CC1C(=O)C2=O. The standard InChI is InChI=1S/C44H30N6O8/c1-15(2)5-6-19(28(52)14-51)24-11-18-12-25-29-16(3)35(53)36(54)17(4)30(29)42(46-25)50-44-34-23-10-8-21(38(56)40(23)58)32(34)27(48-44)13-26-31-20-7-9-22(39(57)37(20)55)33(31)43(47-26)49-41(24)45-18/h5-15,17,19-23,53-54H,3H2,1-2,4H3/b6-5-,18-12?,25-12?,26-13?,27-13?,49-41?,49-43?,50-42?,50-44?. The van der Waals surface area contributed by atoms with Gasteiger partial charge in [-0.15, -0.1) is 0 Å². The van der Waals surface area contributed by atoms with Crippen molar-refractivity contribution in [3.8, 4) is 0 Å². The molecule has 2 N–H and O–H groups in total. The van der Waals surface area contributed by atoms with Crippen LogP contribution in [0.3, 0.4) is 0 Å². The number of Topliss-reactive ketones (excluding diaryl/α,β-unsaturated/α-hetero) is 5. The number of carbonyl (C=O) groups is 6. The van der Waals surface area contributed by atoms with Crippen LogP contribution < -0.4 is 0 Å². The normalized spacial score (nSPS) is 29.4. The molecule has 12 aliphatic rings. The highest BCUT2D eigenvalue weighted by Gasteiger charge is 2.52. The molecule has 0 aromatic carbocycles. The molecule has 5 aliphatic heterocycles. The van der Waals surface area contributed by atoms with Crippen LogP contribution in [-0.4, -0.2) is 80.2 Å². The third-order valence-corrected chi connectivity index (χ3v) is 11.8. The summed E-state index contributed by atoms with van der Waals surface area (Å²) in [4.78, 5) is 108. The van der Waals surface area contributed by atoms with Crippen molar-refractivity contribution >= 4 is 70.0 Å². The predicted molar refractivity (Wildman–Crippen MR) is 211 cm³/mol. The van der Waals surface area contributed by atoms with Gasteiger partial charge in [-0.05, 0) is 24.1 Å². The van der Waals surface area contributed by atoms with Crippen molar-refractivity contribution in [3.63, 3.8) is 0 Å². The van der Waals surface area contributed by atoms with E-state index in [2.05, 4.69) is 6.58 Å². The van der Waals surface area contributed by atoms with Gasteiger partial charge in [-0.3, -0.25) is 28.8 Å². The molecule has 6 unspecified atom stereocenters. The van der Waals surface area contributed by atoms with Crippen molar-refractivity contribution in [2.75, 3.05) is 0 Å². The molecule has 0 saturated heterocycles. The number of amidine groups is 4. The Bertz CT molecular complexity index is 2830. The van der Waals surface area contributed by atoms with Crippen molar-refractivity contribution in [2.24, 2.45) is 71.4 Å². The van der Waals surface area contributed by atoms with E-state index >= 15 is 0 Å². The summed E-state index contributed by atoms with van der Waals surface area (Å²) < 4.78 is 0. The summed E-state index contributed by atoms with van der Waals surface area (Å²) in [6, 6.07) is 0. The van der Waals surface area contributed by atoms with E-state index in [1.165, 1.54) is 0 Å². The fraction of sp³-hybridized carbons (Fsp3) is 0.227. The number of ketones is 5. The Morgan fingerprint density at radius 2 is 1.22 bits per heavy atom. The Morgan fingerprint density at radius 3 is 1.86 bits per heavy atom. The van der Waals surface area contributed by atoms with Gasteiger partial charge in [0.25, 0.3) is 0 Å². The minimum absolute atomic E-state index is 0.0126. The van der Waals surface area contributed by atoms with Crippen LogP contribution in [0.1, 0.15) is 20.8 Å². The van der Waals surface area contributed by atoms with Gasteiger partial charge in [-0.1, -0.05) is 63.8 Å². The zero-order chi connectivity index (χ0) is 40.6. The lowest BCUT2D eigenvalue weighted by Crippen LogP contribution is -2.41. The average Bonchev–Trinajstić information content (AvgIpc) is 3.97. The molecule has 12 rings (SSSR count). The fourth-order valence-corrected chi connectivity index (χ4v) is 9.04. The first-order valence-corrected chi connectivity index (χ1v) is 18.7. The van der Waals surface area contributed by atoms with Crippen LogP contribution in [0.15, 0.2) is 159 Å². The summed E-state index contributed by atoms with van der Waals surface area (Å²) in [6.07, 6.45) is 15.0. The summed E-state index contributed by atoms with van der Waals surface area (Å²) in [5, 5.41) is 22.0. The highest BCUT2D eigenvalue weighted by Crippen LogP contribution is 2.48. The summed E-state index contributed by atoms with van der Waals surface area (Å²) in [6.45, 7) is 9.53. The number of nitrogens with zero attached hydrogens (tertiary/aromatic N) is 6. The fourth-order valence-electron chi connectivity index (χ4n) is 9.04. The van der Waals surface area contributed by atoms with Crippen molar-refractivity contribution in [1.29, 1.82) is 0 Å². The number of aliphatic hydroxyl groups is 2. The molecule has 6 atom stereocenters. The second kappa shape index (κ2) is 12.1. The maximum Gasteiger partial charge on any atom is 0.210 e. The number of hydrogen-bond acceptors (Lipinski definition) is 14. The highest BCUT2D eigenvalue weighted by molar-refractivity contribution is 6.48. The molecule has 0 spiro atoms. The smallest absolute Gasteiger partial charge is 0.210 e. The Hall–Kier alpha value is -7.22. The minimum atomic E-state index is -1.11. The third kappa shape index (κ3) is 4.71. The molecule has 0 aromatic rings. The van der Waals surface area contributed by atoms with E-state index in [0.717, 1.165) is 0 Å².